The summed E-state index contributed by atoms with van der Waals surface area (Å²) in [5, 5.41) is 13.8. The summed E-state index contributed by atoms with van der Waals surface area (Å²) in [7, 11) is 0. The average Bonchev–Trinajstić information content (AvgIpc) is 3.14. The van der Waals surface area contributed by atoms with Gasteiger partial charge in [0.1, 0.15) is 12.3 Å². The Morgan fingerprint density at radius 2 is 2.00 bits per heavy atom. The van der Waals surface area contributed by atoms with E-state index < -0.39 is 16.7 Å². The molecule has 1 fully saturated rings. The van der Waals surface area contributed by atoms with Crippen LogP contribution in [0.25, 0.3) is 0 Å². The number of benzene rings is 2. The number of non-ortho nitro benzene ring substituents is 1. The Morgan fingerprint density at radius 1 is 1.16 bits per heavy atom. The Kier molecular flexibility index (Phi) is 5.52. The van der Waals surface area contributed by atoms with Crippen LogP contribution in [-0.4, -0.2) is 47.2 Å². The first kappa shape index (κ1) is 20.3. The van der Waals surface area contributed by atoms with Gasteiger partial charge in [0.15, 0.2) is 6.61 Å². The van der Waals surface area contributed by atoms with Crippen LogP contribution in [0.5, 0.6) is 5.75 Å². The summed E-state index contributed by atoms with van der Waals surface area (Å²) in [5.74, 6) is -0.505. The topological polar surface area (TPSA) is 122 Å². The number of nitro groups is 1. The molecule has 1 N–H and O–H groups in total. The third kappa shape index (κ3) is 4.47. The molecule has 2 aromatic carbocycles. The van der Waals surface area contributed by atoms with Crippen molar-refractivity contribution in [2.24, 2.45) is 0 Å². The Hall–Kier alpha value is -3.95. The number of nitro benzene ring substituents is 1. The van der Waals surface area contributed by atoms with Crippen molar-refractivity contribution in [3.05, 3.63) is 58.1 Å². The second-order valence-electron chi connectivity index (χ2n) is 7.35. The number of anilines is 2. The highest BCUT2D eigenvalue weighted by atomic mass is 16.6. The minimum absolute atomic E-state index is 0.119. The summed E-state index contributed by atoms with van der Waals surface area (Å²) in [4.78, 5) is 50.2. The third-order valence-electron chi connectivity index (χ3n) is 5.15. The number of likely N-dealkylation sites (tertiary alicyclic amines) is 1. The van der Waals surface area contributed by atoms with Crippen LogP contribution in [0.4, 0.5) is 17.1 Å². The first-order valence-corrected chi connectivity index (χ1v) is 9.79. The number of amides is 3. The van der Waals surface area contributed by atoms with Gasteiger partial charge in [-0.15, -0.1) is 0 Å². The number of hydrogen-bond donors (Lipinski definition) is 1. The molecule has 10 heteroatoms. The molecule has 2 aliphatic heterocycles. The smallest absolute Gasteiger partial charge is 0.271 e. The fraction of sp³-hybridized carbons (Fsp3) is 0.286. The van der Waals surface area contributed by atoms with Gasteiger partial charge < -0.3 is 15.0 Å². The number of carbonyl (C=O) groups excluding carboxylic acids is 3. The molecule has 2 aliphatic rings. The van der Waals surface area contributed by atoms with Crippen molar-refractivity contribution in [1.82, 2.24) is 4.90 Å². The summed E-state index contributed by atoms with van der Waals surface area (Å²) in [5.41, 5.74) is 1.40. The standard InChI is InChI=1S/C21H20N4O6/c26-19(22-15-4-1-3-14(9-15)11-23-8-2-5-20(23)27)12-24-17-10-16(25(29)30)6-7-18(17)31-13-21(24)28/h1,3-4,6-7,9-10H,2,5,8,11-13H2,(H,22,26). The maximum absolute atomic E-state index is 12.6. The molecule has 4 rings (SSSR count). The van der Waals surface area contributed by atoms with E-state index in [0.29, 0.717) is 24.4 Å². The van der Waals surface area contributed by atoms with Crippen LogP contribution in [-0.2, 0) is 20.9 Å². The number of nitrogens with zero attached hydrogens (tertiary/aromatic N) is 3. The molecule has 31 heavy (non-hydrogen) atoms. The van der Waals surface area contributed by atoms with Gasteiger partial charge in [-0.2, -0.15) is 0 Å². The lowest BCUT2D eigenvalue weighted by atomic mass is 10.2. The summed E-state index contributed by atoms with van der Waals surface area (Å²) in [6.07, 6.45) is 1.41. The Morgan fingerprint density at radius 3 is 2.74 bits per heavy atom. The fourth-order valence-electron chi connectivity index (χ4n) is 3.66. The van der Waals surface area contributed by atoms with Crippen molar-refractivity contribution in [3.63, 3.8) is 0 Å². The SMILES string of the molecule is O=C(CN1C(=O)COc2ccc([N+](=O)[O-])cc21)Nc1cccc(CN2CCCC2=O)c1. The third-order valence-corrected chi connectivity index (χ3v) is 5.15. The maximum atomic E-state index is 12.6. The van der Waals surface area contributed by atoms with E-state index in [1.807, 2.05) is 6.07 Å². The molecule has 0 unspecified atom stereocenters. The summed E-state index contributed by atoms with van der Waals surface area (Å²) >= 11 is 0. The predicted octanol–water partition coefficient (Wildman–Crippen LogP) is 2.08. The van der Waals surface area contributed by atoms with Crippen molar-refractivity contribution in [3.8, 4) is 5.75 Å². The second kappa shape index (κ2) is 8.42. The largest absolute Gasteiger partial charge is 0.482 e. The van der Waals surface area contributed by atoms with Crippen LogP contribution in [0.2, 0.25) is 0 Å². The Balaban J connectivity index is 1.46. The first-order chi connectivity index (χ1) is 14.9. The van der Waals surface area contributed by atoms with Gasteiger partial charge in [0.2, 0.25) is 11.8 Å². The zero-order valence-electron chi connectivity index (χ0n) is 16.6. The molecule has 160 valence electrons. The quantitative estimate of drug-likeness (QED) is 0.560. The number of nitrogens with one attached hydrogen (secondary N) is 1. The number of fused-ring (bicyclic) bond motifs is 1. The number of rotatable bonds is 6. The molecule has 1 saturated heterocycles. The minimum Gasteiger partial charge on any atom is -0.482 e. The monoisotopic (exact) mass is 424 g/mol. The Bertz CT molecular complexity index is 1070. The van der Waals surface area contributed by atoms with Gasteiger partial charge >= 0.3 is 0 Å². The lowest BCUT2D eigenvalue weighted by Gasteiger charge is -2.28. The molecular weight excluding hydrogens is 404 g/mol. The normalized spacial score (nSPS) is 15.5. The van der Waals surface area contributed by atoms with Crippen molar-refractivity contribution < 1.29 is 24.0 Å². The van der Waals surface area contributed by atoms with Gasteiger partial charge in [0.05, 0.1) is 10.6 Å². The lowest BCUT2D eigenvalue weighted by molar-refractivity contribution is -0.384. The first-order valence-electron chi connectivity index (χ1n) is 9.79. The van der Waals surface area contributed by atoms with E-state index in [2.05, 4.69) is 5.32 Å². The number of hydrogen-bond acceptors (Lipinski definition) is 6. The Labute approximate surface area is 177 Å². The summed E-state index contributed by atoms with van der Waals surface area (Å²) in [6.45, 7) is 0.629. The molecule has 2 heterocycles. The van der Waals surface area contributed by atoms with E-state index in [0.717, 1.165) is 18.5 Å². The van der Waals surface area contributed by atoms with Gasteiger partial charge in [-0.3, -0.25) is 29.4 Å². The van der Waals surface area contributed by atoms with Gasteiger partial charge in [-0.1, -0.05) is 12.1 Å². The second-order valence-corrected chi connectivity index (χ2v) is 7.35. The van der Waals surface area contributed by atoms with Crippen LogP contribution in [0, 0.1) is 10.1 Å². The van der Waals surface area contributed by atoms with E-state index in [9.17, 15) is 24.5 Å². The molecule has 2 aromatic rings. The summed E-state index contributed by atoms with van der Waals surface area (Å²) in [6, 6.07) is 11.1. The van der Waals surface area contributed by atoms with E-state index in [1.165, 1.54) is 23.1 Å². The number of ether oxygens (including phenoxy) is 1. The van der Waals surface area contributed by atoms with Gasteiger partial charge in [-0.05, 0) is 30.2 Å². The van der Waals surface area contributed by atoms with E-state index >= 15 is 0 Å². The highest BCUT2D eigenvalue weighted by Gasteiger charge is 2.29. The summed E-state index contributed by atoms with van der Waals surface area (Å²) < 4.78 is 5.31. The molecule has 0 atom stereocenters. The van der Waals surface area contributed by atoms with E-state index in [1.54, 1.807) is 23.1 Å². The van der Waals surface area contributed by atoms with Crippen molar-refractivity contribution in [2.75, 3.05) is 29.9 Å². The molecule has 0 saturated carbocycles. The van der Waals surface area contributed by atoms with Crippen molar-refractivity contribution in [2.45, 2.75) is 19.4 Å². The molecule has 0 bridgehead atoms. The van der Waals surface area contributed by atoms with Crippen molar-refractivity contribution in [1.29, 1.82) is 0 Å². The van der Waals surface area contributed by atoms with Crippen LogP contribution < -0.4 is 15.0 Å². The van der Waals surface area contributed by atoms with Gasteiger partial charge in [0, 0.05) is 37.3 Å². The average molecular weight is 424 g/mol. The fourth-order valence-corrected chi connectivity index (χ4v) is 3.66. The zero-order chi connectivity index (χ0) is 22.0. The van der Waals surface area contributed by atoms with Gasteiger partial charge in [-0.25, -0.2) is 0 Å². The molecule has 0 aliphatic carbocycles. The molecule has 0 spiro atoms. The lowest BCUT2D eigenvalue weighted by Crippen LogP contribution is -2.43. The van der Waals surface area contributed by atoms with Crippen LogP contribution in [0.15, 0.2) is 42.5 Å². The number of carbonyl (C=O) groups is 3. The molecule has 0 aromatic heterocycles. The molecule has 3 amide bonds. The minimum atomic E-state index is -0.575. The molecular formula is C21H20N4O6. The van der Waals surface area contributed by atoms with E-state index in [4.69, 9.17) is 4.74 Å². The maximum Gasteiger partial charge on any atom is 0.271 e. The highest BCUT2D eigenvalue weighted by molar-refractivity contribution is 6.05. The molecule has 10 nitrogen and oxygen atoms in total. The van der Waals surface area contributed by atoms with Crippen LogP contribution in [0.3, 0.4) is 0 Å². The van der Waals surface area contributed by atoms with E-state index in [-0.39, 0.29) is 30.4 Å². The van der Waals surface area contributed by atoms with Crippen LogP contribution in [0.1, 0.15) is 18.4 Å². The van der Waals surface area contributed by atoms with Crippen LogP contribution >= 0.6 is 0 Å². The van der Waals surface area contributed by atoms with Crippen molar-refractivity contribution >= 4 is 34.8 Å². The zero-order valence-corrected chi connectivity index (χ0v) is 16.6. The molecule has 0 radical (unpaired) electrons. The van der Waals surface area contributed by atoms with Gasteiger partial charge in [0.25, 0.3) is 11.6 Å². The highest BCUT2D eigenvalue weighted by Crippen LogP contribution is 2.35. The predicted molar refractivity (Wildman–Crippen MR) is 111 cm³/mol.